The summed E-state index contributed by atoms with van der Waals surface area (Å²) in [7, 11) is 0. The fraction of sp³-hybridized carbons (Fsp3) is 0.667. The smallest absolute Gasteiger partial charge is 0.307 e. The Morgan fingerprint density at radius 2 is 1.05 bits per heavy atom. The van der Waals surface area contributed by atoms with Crippen molar-refractivity contribution in [3.63, 3.8) is 0 Å². The quantitative estimate of drug-likeness (QED) is 0.432. The predicted octanol–water partition coefficient (Wildman–Crippen LogP) is 4.26. The van der Waals surface area contributed by atoms with Crippen LogP contribution in [0.1, 0.15) is 65.2 Å². The lowest BCUT2D eigenvalue weighted by Gasteiger charge is -2.15. The van der Waals surface area contributed by atoms with Crippen molar-refractivity contribution in [2.24, 2.45) is 11.8 Å². The molecule has 0 spiro atoms. The number of ether oxygens (including phenoxy) is 2. The maximum Gasteiger partial charge on any atom is 0.307 e. The van der Waals surface area contributed by atoms with E-state index < -0.39 is 0 Å². The van der Waals surface area contributed by atoms with E-state index in [-0.39, 0.29) is 11.9 Å². The summed E-state index contributed by atoms with van der Waals surface area (Å²) >= 11 is 0. The number of esters is 2. The summed E-state index contributed by atoms with van der Waals surface area (Å²) in [4.78, 5) is 22.6. The highest BCUT2D eigenvalue weighted by molar-refractivity contribution is 5.68. The zero-order chi connectivity index (χ0) is 15.9. The van der Waals surface area contributed by atoms with E-state index in [1.165, 1.54) is 39.5 Å². The van der Waals surface area contributed by atoms with Gasteiger partial charge in [0.2, 0.25) is 0 Å². The SMILES string of the molecule is CC(=O)O/C(=C\C=C(/OC(C)=O)C1CCCC1)C1CCCC1. The van der Waals surface area contributed by atoms with Crippen LogP contribution in [0.25, 0.3) is 0 Å². The minimum atomic E-state index is -0.290. The van der Waals surface area contributed by atoms with Gasteiger partial charge in [-0.2, -0.15) is 0 Å². The van der Waals surface area contributed by atoms with E-state index in [4.69, 9.17) is 9.47 Å². The molecule has 0 aromatic carbocycles. The molecule has 2 fully saturated rings. The molecular weight excluding hydrogens is 280 g/mol. The lowest BCUT2D eigenvalue weighted by Crippen LogP contribution is -2.09. The van der Waals surface area contributed by atoms with Crippen LogP contribution in [0, 0.1) is 11.8 Å². The zero-order valence-corrected chi connectivity index (χ0v) is 13.6. The molecule has 0 N–H and O–H groups in total. The monoisotopic (exact) mass is 306 g/mol. The molecule has 2 rings (SSSR count). The lowest BCUT2D eigenvalue weighted by atomic mass is 10.0. The van der Waals surface area contributed by atoms with Crippen LogP contribution in [0.5, 0.6) is 0 Å². The molecule has 4 nitrogen and oxygen atoms in total. The summed E-state index contributed by atoms with van der Waals surface area (Å²) in [6.45, 7) is 2.85. The maximum atomic E-state index is 11.3. The van der Waals surface area contributed by atoms with Gasteiger partial charge in [-0.3, -0.25) is 9.59 Å². The van der Waals surface area contributed by atoms with Crippen LogP contribution in [0.2, 0.25) is 0 Å². The molecule has 0 bridgehead atoms. The second kappa shape index (κ2) is 8.16. The maximum absolute atomic E-state index is 11.3. The van der Waals surface area contributed by atoms with Crippen LogP contribution in [-0.4, -0.2) is 11.9 Å². The van der Waals surface area contributed by atoms with Gasteiger partial charge in [-0.25, -0.2) is 0 Å². The van der Waals surface area contributed by atoms with Crippen LogP contribution in [-0.2, 0) is 19.1 Å². The van der Waals surface area contributed by atoms with Gasteiger partial charge in [-0.05, 0) is 37.8 Å². The Labute approximate surface area is 132 Å². The predicted molar refractivity (Wildman–Crippen MR) is 83.6 cm³/mol. The molecule has 0 atom stereocenters. The summed E-state index contributed by atoms with van der Waals surface area (Å²) in [5.74, 6) is 1.47. The third-order valence-corrected chi connectivity index (χ3v) is 4.45. The molecule has 0 heterocycles. The lowest BCUT2D eigenvalue weighted by molar-refractivity contribution is -0.138. The van der Waals surface area contributed by atoms with Gasteiger partial charge in [0.25, 0.3) is 0 Å². The highest BCUT2D eigenvalue weighted by atomic mass is 16.5. The molecule has 122 valence electrons. The highest BCUT2D eigenvalue weighted by Crippen LogP contribution is 2.34. The van der Waals surface area contributed by atoms with E-state index in [0.717, 1.165) is 25.7 Å². The van der Waals surface area contributed by atoms with Gasteiger partial charge < -0.3 is 9.47 Å². The van der Waals surface area contributed by atoms with Gasteiger partial charge in [0.05, 0.1) is 0 Å². The average molecular weight is 306 g/mol. The van der Waals surface area contributed by atoms with E-state index in [9.17, 15) is 9.59 Å². The van der Waals surface area contributed by atoms with E-state index in [2.05, 4.69) is 0 Å². The first-order valence-electron chi connectivity index (χ1n) is 8.35. The van der Waals surface area contributed by atoms with E-state index >= 15 is 0 Å². The van der Waals surface area contributed by atoms with Gasteiger partial charge in [-0.15, -0.1) is 0 Å². The summed E-state index contributed by atoms with van der Waals surface area (Å²) in [6, 6.07) is 0. The van der Waals surface area contributed by atoms with Gasteiger partial charge in [-0.1, -0.05) is 25.7 Å². The van der Waals surface area contributed by atoms with Gasteiger partial charge in [0, 0.05) is 25.7 Å². The molecule has 0 amide bonds. The van der Waals surface area contributed by atoms with Crippen LogP contribution in [0.15, 0.2) is 23.7 Å². The molecule has 22 heavy (non-hydrogen) atoms. The standard InChI is InChI=1S/C18H26O4/c1-13(19)21-17(15-7-3-4-8-15)11-12-18(22-14(2)20)16-9-5-6-10-16/h11-12,15-16H,3-10H2,1-2H3/b17-11-,18-12-. The normalized spacial score (nSPS) is 21.2. The van der Waals surface area contributed by atoms with Crippen molar-refractivity contribution < 1.29 is 19.1 Å². The topological polar surface area (TPSA) is 52.6 Å². The number of carbonyl (C=O) groups excluding carboxylic acids is 2. The minimum absolute atomic E-state index is 0.290. The van der Waals surface area contributed by atoms with Crippen LogP contribution in [0.4, 0.5) is 0 Å². The second-order valence-corrected chi connectivity index (χ2v) is 6.29. The third-order valence-electron chi connectivity index (χ3n) is 4.45. The zero-order valence-electron chi connectivity index (χ0n) is 13.6. The van der Waals surface area contributed by atoms with Crippen LogP contribution < -0.4 is 0 Å². The van der Waals surface area contributed by atoms with E-state index in [1.54, 1.807) is 0 Å². The molecule has 2 aliphatic rings. The Bertz CT molecular complexity index is 419. The first-order valence-corrected chi connectivity index (χ1v) is 8.35. The molecule has 4 heteroatoms. The largest absolute Gasteiger partial charge is 0.431 e. The van der Waals surface area contributed by atoms with Crippen molar-refractivity contribution in [3.8, 4) is 0 Å². The summed E-state index contributed by atoms with van der Waals surface area (Å²) in [5.41, 5.74) is 0. The first kappa shape index (κ1) is 16.8. The number of rotatable bonds is 5. The van der Waals surface area contributed by atoms with Crippen molar-refractivity contribution in [2.75, 3.05) is 0 Å². The third kappa shape index (κ3) is 5.00. The Morgan fingerprint density at radius 3 is 1.32 bits per heavy atom. The molecule has 0 aliphatic heterocycles. The van der Waals surface area contributed by atoms with Gasteiger partial charge in [0.15, 0.2) is 0 Å². The van der Waals surface area contributed by atoms with Crippen molar-refractivity contribution in [1.82, 2.24) is 0 Å². The Balaban J connectivity index is 2.17. The first-order chi connectivity index (χ1) is 10.6. The molecule has 0 aromatic rings. The fourth-order valence-electron chi connectivity index (χ4n) is 3.42. The van der Waals surface area contributed by atoms with Gasteiger partial charge >= 0.3 is 11.9 Å². The van der Waals surface area contributed by atoms with E-state index in [1.807, 2.05) is 12.2 Å². The molecule has 0 aromatic heterocycles. The Morgan fingerprint density at radius 1 is 0.727 bits per heavy atom. The second-order valence-electron chi connectivity index (χ2n) is 6.29. The molecule has 0 radical (unpaired) electrons. The van der Waals surface area contributed by atoms with Crippen molar-refractivity contribution in [3.05, 3.63) is 23.7 Å². The number of allylic oxidation sites excluding steroid dienone is 4. The molecule has 2 saturated carbocycles. The summed E-state index contributed by atoms with van der Waals surface area (Å²) in [5, 5.41) is 0. The minimum Gasteiger partial charge on any atom is -0.431 e. The fourth-order valence-corrected chi connectivity index (χ4v) is 3.42. The number of hydrogen-bond donors (Lipinski definition) is 0. The summed E-state index contributed by atoms with van der Waals surface area (Å²) < 4.78 is 10.8. The number of hydrogen-bond acceptors (Lipinski definition) is 4. The molecule has 0 unspecified atom stereocenters. The van der Waals surface area contributed by atoms with Crippen molar-refractivity contribution in [2.45, 2.75) is 65.2 Å². The van der Waals surface area contributed by atoms with Crippen molar-refractivity contribution in [1.29, 1.82) is 0 Å². The van der Waals surface area contributed by atoms with Crippen LogP contribution in [0.3, 0.4) is 0 Å². The van der Waals surface area contributed by atoms with Crippen LogP contribution >= 0.6 is 0 Å². The van der Waals surface area contributed by atoms with E-state index in [0.29, 0.717) is 23.4 Å². The van der Waals surface area contributed by atoms with Gasteiger partial charge in [0.1, 0.15) is 11.5 Å². The van der Waals surface area contributed by atoms with Crippen molar-refractivity contribution >= 4 is 11.9 Å². The Hall–Kier alpha value is -1.58. The molecule has 2 aliphatic carbocycles. The highest BCUT2D eigenvalue weighted by Gasteiger charge is 2.24. The molecular formula is C18H26O4. The summed E-state index contributed by atoms with van der Waals surface area (Å²) in [6.07, 6.45) is 12.6. The Kier molecular flexibility index (Phi) is 6.22. The molecule has 0 saturated heterocycles. The average Bonchev–Trinajstić information content (AvgIpc) is 3.12. The number of carbonyl (C=O) groups is 2.